The fraction of sp³-hybridized carbons (Fsp3) is 0.778. The van der Waals surface area contributed by atoms with Gasteiger partial charge >= 0.3 is 5.97 Å². The molecule has 0 aromatic carbocycles. The highest BCUT2D eigenvalue weighted by molar-refractivity contribution is 5.84. The highest BCUT2D eigenvalue weighted by atomic mass is 16.5. The van der Waals surface area contributed by atoms with Gasteiger partial charge in [0.15, 0.2) is 0 Å². The summed E-state index contributed by atoms with van der Waals surface area (Å²) in [6.45, 7) is 0.516. The van der Waals surface area contributed by atoms with Gasteiger partial charge in [0.1, 0.15) is 6.54 Å². The Labute approximate surface area is 82.6 Å². The second-order valence-electron chi connectivity index (χ2n) is 3.42. The monoisotopic (exact) mass is 201 g/mol. The van der Waals surface area contributed by atoms with E-state index in [1.54, 1.807) is 0 Å². The first-order chi connectivity index (χ1) is 6.65. The van der Waals surface area contributed by atoms with Gasteiger partial charge in [-0.05, 0) is 12.8 Å². The molecule has 1 rings (SSSR count). The number of rotatable bonds is 6. The van der Waals surface area contributed by atoms with E-state index in [1.165, 1.54) is 12.0 Å². The van der Waals surface area contributed by atoms with Crippen molar-refractivity contribution >= 4 is 11.9 Å². The topological polar surface area (TPSA) is 66.8 Å². The summed E-state index contributed by atoms with van der Waals surface area (Å²) in [7, 11) is 1.53. The van der Waals surface area contributed by atoms with Crippen LogP contribution in [0.5, 0.6) is 0 Å². The van der Waals surface area contributed by atoms with Gasteiger partial charge in [0.05, 0.1) is 6.61 Å². The zero-order chi connectivity index (χ0) is 10.6. The summed E-state index contributed by atoms with van der Waals surface area (Å²) in [6.07, 6.45) is 1.78. The van der Waals surface area contributed by atoms with E-state index in [0.717, 1.165) is 12.8 Å². The van der Waals surface area contributed by atoms with Crippen LogP contribution in [0.4, 0.5) is 0 Å². The van der Waals surface area contributed by atoms with E-state index in [-0.39, 0.29) is 18.4 Å². The molecule has 1 saturated carbocycles. The smallest absolute Gasteiger partial charge is 0.323 e. The number of carboxylic acid groups (broad SMARTS) is 1. The molecule has 0 saturated heterocycles. The van der Waals surface area contributed by atoms with Crippen molar-refractivity contribution in [2.45, 2.75) is 12.8 Å². The van der Waals surface area contributed by atoms with Gasteiger partial charge in [-0.15, -0.1) is 0 Å². The van der Waals surface area contributed by atoms with Crippen LogP contribution in [0.25, 0.3) is 0 Å². The predicted octanol–water partition coefficient (Wildman–Crippen LogP) is -0.0440. The lowest BCUT2D eigenvalue weighted by atomic mass is 10.3. The van der Waals surface area contributed by atoms with E-state index in [4.69, 9.17) is 9.84 Å². The lowest BCUT2D eigenvalue weighted by molar-refractivity contribution is -0.145. The average Bonchev–Trinajstić information content (AvgIpc) is 2.93. The third-order valence-electron chi connectivity index (χ3n) is 2.13. The Morgan fingerprint density at radius 2 is 2.14 bits per heavy atom. The molecule has 1 fully saturated rings. The molecule has 0 bridgehead atoms. The minimum Gasteiger partial charge on any atom is -0.480 e. The maximum atomic E-state index is 11.6. The SMILES string of the molecule is COCCN(CC(=O)O)C(=O)C1CC1. The summed E-state index contributed by atoms with van der Waals surface area (Å²) < 4.78 is 4.82. The van der Waals surface area contributed by atoms with Gasteiger partial charge in [-0.25, -0.2) is 0 Å². The average molecular weight is 201 g/mol. The van der Waals surface area contributed by atoms with Crippen molar-refractivity contribution in [2.24, 2.45) is 5.92 Å². The number of ether oxygens (including phenoxy) is 1. The van der Waals surface area contributed by atoms with Gasteiger partial charge in [-0.3, -0.25) is 9.59 Å². The van der Waals surface area contributed by atoms with Crippen molar-refractivity contribution in [2.75, 3.05) is 26.8 Å². The number of hydrogen-bond donors (Lipinski definition) is 1. The molecule has 5 heteroatoms. The van der Waals surface area contributed by atoms with Crippen molar-refractivity contribution in [1.82, 2.24) is 4.90 Å². The number of amides is 1. The van der Waals surface area contributed by atoms with E-state index in [0.29, 0.717) is 13.2 Å². The maximum Gasteiger partial charge on any atom is 0.323 e. The van der Waals surface area contributed by atoms with Crippen molar-refractivity contribution in [3.8, 4) is 0 Å². The minimum atomic E-state index is -0.977. The Balaban J connectivity index is 2.41. The molecule has 0 atom stereocenters. The quantitative estimate of drug-likeness (QED) is 0.654. The van der Waals surface area contributed by atoms with Gasteiger partial charge < -0.3 is 14.7 Å². The van der Waals surface area contributed by atoms with E-state index in [9.17, 15) is 9.59 Å². The molecule has 80 valence electrons. The van der Waals surface area contributed by atoms with Crippen LogP contribution in [0.1, 0.15) is 12.8 Å². The van der Waals surface area contributed by atoms with Gasteiger partial charge in [-0.2, -0.15) is 0 Å². The van der Waals surface area contributed by atoms with Crippen LogP contribution in [0, 0.1) is 5.92 Å². The zero-order valence-corrected chi connectivity index (χ0v) is 8.23. The van der Waals surface area contributed by atoms with Crippen LogP contribution in [0.15, 0.2) is 0 Å². The fourth-order valence-corrected chi connectivity index (χ4v) is 1.22. The number of nitrogens with zero attached hydrogens (tertiary/aromatic N) is 1. The zero-order valence-electron chi connectivity index (χ0n) is 8.23. The first-order valence-corrected chi connectivity index (χ1v) is 4.64. The van der Waals surface area contributed by atoms with Gasteiger partial charge in [0, 0.05) is 19.6 Å². The summed E-state index contributed by atoms with van der Waals surface area (Å²) in [6, 6.07) is 0. The molecule has 0 radical (unpaired) electrons. The van der Waals surface area contributed by atoms with E-state index < -0.39 is 5.97 Å². The molecule has 14 heavy (non-hydrogen) atoms. The van der Waals surface area contributed by atoms with Crippen molar-refractivity contribution in [3.63, 3.8) is 0 Å². The Bertz CT molecular complexity index is 225. The number of carboxylic acids is 1. The third-order valence-corrected chi connectivity index (χ3v) is 2.13. The summed E-state index contributed by atoms with van der Waals surface area (Å²) in [5.41, 5.74) is 0. The predicted molar refractivity (Wildman–Crippen MR) is 48.8 cm³/mol. The molecule has 0 heterocycles. The molecule has 1 aliphatic rings. The van der Waals surface area contributed by atoms with Crippen molar-refractivity contribution in [3.05, 3.63) is 0 Å². The Morgan fingerprint density at radius 3 is 2.57 bits per heavy atom. The molecule has 0 spiro atoms. The van der Waals surface area contributed by atoms with E-state index in [1.807, 2.05) is 0 Å². The van der Waals surface area contributed by atoms with Gasteiger partial charge in [0.2, 0.25) is 5.91 Å². The first kappa shape index (κ1) is 11.0. The van der Waals surface area contributed by atoms with Gasteiger partial charge in [-0.1, -0.05) is 0 Å². The lowest BCUT2D eigenvalue weighted by Crippen LogP contribution is -2.38. The van der Waals surface area contributed by atoms with Crippen LogP contribution >= 0.6 is 0 Å². The molecule has 0 aromatic rings. The molecule has 0 unspecified atom stereocenters. The van der Waals surface area contributed by atoms with E-state index in [2.05, 4.69) is 0 Å². The second kappa shape index (κ2) is 4.95. The third kappa shape index (κ3) is 3.33. The molecule has 1 N–H and O–H groups in total. The number of carbonyl (C=O) groups is 2. The summed E-state index contributed by atoms with van der Waals surface area (Å²) in [4.78, 5) is 23.4. The van der Waals surface area contributed by atoms with Crippen molar-refractivity contribution < 1.29 is 19.4 Å². The number of methoxy groups -OCH3 is 1. The molecular formula is C9H15NO4. The van der Waals surface area contributed by atoms with Crippen LogP contribution in [0.3, 0.4) is 0 Å². The Hall–Kier alpha value is -1.10. The summed E-state index contributed by atoms with van der Waals surface area (Å²) in [5.74, 6) is -0.967. The summed E-state index contributed by atoms with van der Waals surface area (Å²) >= 11 is 0. The molecular weight excluding hydrogens is 186 g/mol. The molecule has 1 aliphatic carbocycles. The Kier molecular flexibility index (Phi) is 3.88. The molecule has 5 nitrogen and oxygen atoms in total. The molecule has 1 amide bonds. The standard InChI is InChI=1S/C9H15NO4/c1-14-5-4-10(6-8(11)12)9(13)7-2-3-7/h7H,2-6H2,1H3,(H,11,12). The number of hydrogen-bond acceptors (Lipinski definition) is 3. The minimum absolute atomic E-state index is 0.0514. The molecule has 0 aromatic heterocycles. The lowest BCUT2D eigenvalue weighted by Gasteiger charge is -2.19. The van der Waals surface area contributed by atoms with Crippen LogP contribution in [-0.4, -0.2) is 48.7 Å². The number of carbonyl (C=O) groups excluding carboxylic acids is 1. The fourth-order valence-electron chi connectivity index (χ4n) is 1.22. The highest BCUT2D eigenvalue weighted by Crippen LogP contribution is 2.30. The highest BCUT2D eigenvalue weighted by Gasteiger charge is 2.33. The largest absolute Gasteiger partial charge is 0.480 e. The Morgan fingerprint density at radius 1 is 1.50 bits per heavy atom. The van der Waals surface area contributed by atoms with Crippen molar-refractivity contribution in [1.29, 1.82) is 0 Å². The van der Waals surface area contributed by atoms with Crippen LogP contribution in [0.2, 0.25) is 0 Å². The summed E-state index contributed by atoms with van der Waals surface area (Å²) in [5, 5.41) is 8.60. The second-order valence-corrected chi connectivity index (χ2v) is 3.42. The number of aliphatic carboxylic acids is 1. The molecule has 0 aliphatic heterocycles. The van der Waals surface area contributed by atoms with E-state index >= 15 is 0 Å². The van der Waals surface area contributed by atoms with Gasteiger partial charge in [0.25, 0.3) is 0 Å². The van der Waals surface area contributed by atoms with Crippen LogP contribution < -0.4 is 0 Å². The van der Waals surface area contributed by atoms with Crippen LogP contribution in [-0.2, 0) is 14.3 Å². The maximum absolute atomic E-state index is 11.6. The first-order valence-electron chi connectivity index (χ1n) is 4.64. The normalized spacial score (nSPS) is 15.2.